The smallest absolute Gasteiger partial charge is 0.278 e. The Bertz CT molecular complexity index is 1060. The van der Waals surface area contributed by atoms with Crippen molar-refractivity contribution in [2.75, 3.05) is 26.3 Å². The highest BCUT2D eigenvalue weighted by Gasteiger charge is 2.14. The number of nitrogens with one attached hydrogen (secondary N) is 1. The summed E-state index contributed by atoms with van der Waals surface area (Å²) >= 11 is 0. The number of morpholine rings is 1. The largest absolute Gasteiger partial charge is 0.379 e. The highest BCUT2D eigenvalue weighted by Crippen LogP contribution is 2.13. The number of aromatic nitrogens is 3. The average molecular weight is 393 g/mol. The van der Waals surface area contributed by atoms with Crippen LogP contribution in [0.3, 0.4) is 0 Å². The number of hydrogen-bond donors (Lipinski definition) is 1. The van der Waals surface area contributed by atoms with Gasteiger partial charge in [0.05, 0.1) is 18.6 Å². The summed E-state index contributed by atoms with van der Waals surface area (Å²) in [5, 5.41) is 11.2. The minimum Gasteiger partial charge on any atom is -0.379 e. The zero-order valence-corrected chi connectivity index (χ0v) is 16.1. The van der Waals surface area contributed by atoms with Gasteiger partial charge in [0, 0.05) is 26.2 Å². The average Bonchev–Trinajstić information content (AvgIpc) is 2.76. The summed E-state index contributed by atoms with van der Waals surface area (Å²) in [6.45, 7) is 4.37. The van der Waals surface area contributed by atoms with E-state index in [0.717, 1.165) is 43.1 Å². The van der Waals surface area contributed by atoms with E-state index >= 15 is 0 Å². The fraction of sp³-hybridized carbons (Fsp3) is 0.333. The van der Waals surface area contributed by atoms with Crippen LogP contribution in [-0.2, 0) is 29.2 Å². The first-order chi connectivity index (χ1) is 14.2. The third-order valence-electron chi connectivity index (χ3n) is 5.01. The summed E-state index contributed by atoms with van der Waals surface area (Å²) in [4.78, 5) is 27.2. The second kappa shape index (κ2) is 8.93. The molecule has 2 aromatic carbocycles. The Hall–Kier alpha value is -3.10. The van der Waals surface area contributed by atoms with Gasteiger partial charge in [0.15, 0.2) is 0 Å². The molecule has 0 aliphatic carbocycles. The van der Waals surface area contributed by atoms with Crippen LogP contribution < -0.4 is 10.9 Å². The Labute approximate surface area is 168 Å². The molecule has 1 aliphatic rings. The van der Waals surface area contributed by atoms with E-state index in [0.29, 0.717) is 17.4 Å². The number of amides is 1. The molecule has 8 heteroatoms. The highest BCUT2D eigenvalue weighted by atomic mass is 16.5. The summed E-state index contributed by atoms with van der Waals surface area (Å²) in [7, 11) is 0. The van der Waals surface area contributed by atoms with Crippen LogP contribution in [0.5, 0.6) is 0 Å². The first-order valence-electron chi connectivity index (χ1n) is 9.67. The van der Waals surface area contributed by atoms with Crippen LogP contribution in [0.4, 0.5) is 0 Å². The molecule has 150 valence electrons. The van der Waals surface area contributed by atoms with Gasteiger partial charge >= 0.3 is 0 Å². The number of ether oxygens (including phenoxy) is 1. The van der Waals surface area contributed by atoms with Crippen molar-refractivity contribution < 1.29 is 9.53 Å². The number of rotatable bonds is 6. The van der Waals surface area contributed by atoms with Crippen LogP contribution in [0, 0.1) is 0 Å². The molecule has 0 unspecified atom stereocenters. The third-order valence-corrected chi connectivity index (χ3v) is 5.01. The highest BCUT2D eigenvalue weighted by molar-refractivity contribution is 5.78. The van der Waals surface area contributed by atoms with Gasteiger partial charge < -0.3 is 10.1 Å². The molecule has 0 saturated carbocycles. The van der Waals surface area contributed by atoms with Crippen LogP contribution in [0.1, 0.15) is 11.1 Å². The third kappa shape index (κ3) is 4.67. The van der Waals surface area contributed by atoms with Crippen molar-refractivity contribution in [1.29, 1.82) is 0 Å². The summed E-state index contributed by atoms with van der Waals surface area (Å²) in [5.74, 6) is -0.280. The van der Waals surface area contributed by atoms with Gasteiger partial charge in [0.25, 0.3) is 5.56 Å². The summed E-state index contributed by atoms with van der Waals surface area (Å²) in [5.41, 5.74) is 2.44. The van der Waals surface area contributed by atoms with Gasteiger partial charge in [0.1, 0.15) is 12.1 Å². The molecular formula is C21H23N5O3. The van der Waals surface area contributed by atoms with Gasteiger partial charge in [-0.1, -0.05) is 41.6 Å². The Morgan fingerprint density at radius 1 is 1.03 bits per heavy atom. The van der Waals surface area contributed by atoms with Crippen molar-refractivity contribution >= 4 is 16.8 Å². The number of hydrogen-bond acceptors (Lipinski definition) is 6. The Kier molecular flexibility index (Phi) is 5.92. The lowest BCUT2D eigenvalue weighted by atomic mass is 10.1. The summed E-state index contributed by atoms with van der Waals surface area (Å²) in [6, 6.07) is 15.0. The van der Waals surface area contributed by atoms with E-state index in [2.05, 4.69) is 26.6 Å². The SMILES string of the molecule is O=C(Cn1nnc2ccccc2c1=O)NCc1ccccc1CN1CCOCC1. The molecule has 1 fully saturated rings. The van der Waals surface area contributed by atoms with E-state index in [-0.39, 0.29) is 18.0 Å². The minimum atomic E-state index is -0.321. The lowest BCUT2D eigenvalue weighted by Crippen LogP contribution is -2.36. The Balaban J connectivity index is 1.40. The van der Waals surface area contributed by atoms with Crippen molar-refractivity contribution in [2.24, 2.45) is 0 Å². The number of fused-ring (bicyclic) bond motifs is 1. The van der Waals surface area contributed by atoms with Crippen molar-refractivity contribution in [1.82, 2.24) is 25.2 Å². The van der Waals surface area contributed by atoms with Crippen molar-refractivity contribution in [2.45, 2.75) is 19.6 Å². The zero-order valence-electron chi connectivity index (χ0n) is 16.1. The standard InChI is InChI=1S/C21H23N5O3/c27-20(15-26-21(28)18-7-3-4-8-19(18)23-24-26)22-13-16-5-1-2-6-17(16)14-25-9-11-29-12-10-25/h1-8H,9-15H2,(H,22,27). The van der Waals surface area contributed by atoms with Crippen LogP contribution in [0.25, 0.3) is 10.9 Å². The molecule has 8 nitrogen and oxygen atoms in total. The van der Waals surface area contributed by atoms with E-state index in [1.165, 1.54) is 5.56 Å². The Morgan fingerprint density at radius 2 is 1.76 bits per heavy atom. The molecule has 0 radical (unpaired) electrons. The van der Waals surface area contributed by atoms with Crippen LogP contribution in [0.15, 0.2) is 53.3 Å². The van der Waals surface area contributed by atoms with E-state index < -0.39 is 0 Å². The molecule has 3 aromatic rings. The predicted octanol–water partition coefficient (Wildman–Crippen LogP) is 0.940. The molecule has 0 spiro atoms. The maximum atomic E-state index is 12.5. The van der Waals surface area contributed by atoms with Gasteiger partial charge in [-0.25, -0.2) is 4.68 Å². The molecule has 0 atom stereocenters. The molecule has 1 aromatic heterocycles. The van der Waals surface area contributed by atoms with Crippen molar-refractivity contribution in [3.8, 4) is 0 Å². The topological polar surface area (TPSA) is 89.3 Å². The molecule has 1 aliphatic heterocycles. The molecule has 0 bridgehead atoms. The number of carbonyl (C=O) groups is 1. The van der Waals surface area contributed by atoms with E-state index in [1.54, 1.807) is 24.3 Å². The van der Waals surface area contributed by atoms with Crippen LogP contribution in [-0.4, -0.2) is 52.1 Å². The molecule has 2 heterocycles. The normalized spacial score (nSPS) is 14.8. The number of nitrogens with zero attached hydrogens (tertiary/aromatic N) is 4. The predicted molar refractivity (Wildman–Crippen MR) is 108 cm³/mol. The van der Waals surface area contributed by atoms with Gasteiger partial charge in [-0.2, -0.15) is 0 Å². The maximum absolute atomic E-state index is 12.5. The second-order valence-corrected chi connectivity index (χ2v) is 7.00. The van der Waals surface area contributed by atoms with Crippen molar-refractivity contribution in [3.63, 3.8) is 0 Å². The van der Waals surface area contributed by atoms with Gasteiger partial charge in [-0.3, -0.25) is 14.5 Å². The molecular weight excluding hydrogens is 370 g/mol. The van der Waals surface area contributed by atoms with E-state index in [9.17, 15) is 9.59 Å². The quantitative estimate of drug-likeness (QED) is 0.671. The molecule has 1 N–H and O–H groups in total. The van der Waals surface area contributed by atoms with Crippen LogP contribution in [0.2, 0.25) is 0 Å². The molecule has 1 saturated heterocycles. The number of carbonyl (C=O) groups excluding carboxylic acids is 1. The second-order valence-electron chi connectivity index (χ2n) is 7.00. The van der Waals surface area contributed by atoms with Crippen molar-refractivity contribution in [3.05, 3.63) is 70.0 Å². The lowest BCUT2D eigenvalue weighted by Gasteiger charge is -2.27. The first-order valence-corrected chi connectivity index (χ1v) is 9.67. The number of benzene rings is 2. The lowest BCUT2D eigenvalue weighted by molar-refractivity contribution is -0.122. The molecule has 29 heavy (non-hydrogen) atoms. The maximum Gasteiger partial charge on any atom is 0.278 e. The minimum absolute atomic E-state index is 0.164. The molecule has 1 amide bonds. The fourth-order valence-electron chi connectivity index (χ4n) is 3.40. The Morgan fingerprint density at radius 3 is 2.59 bits per heavy atom. The summed E-state index contributed by atoms with van der Waals surface area (Å²) in [6.07, 6.45) is 0. The summed E-state index contributed by atoms with van der Waals surface area (Å²) < 4.78 is 6.50. The monoisotopic (exact) mass is 393 g/mol. The fourth-order valence-corrected chi connectivity index (χ4v) is 3.40. The van der Waals surface area contributed by atoms with Gasteiger partial charge in [-0.15, -0.1) is 5.10 Å². The van der Waals surface area contributed by atoms with Gasteiger partial charge in [0.2, 0.25) is 5.91 Å². The van der Waals surface area contributed by atoms with Crippen LogP contribution >= 0.6 is 0 Å². The van der Waals surface area contributed by atoms with Gasteiger partial charge in [-0.05, 0) is 23.3 Å². The first kappa shape index (κ1) is 19.2. The van der Waals surface area contributed by atoms with E-state index in [4.69, 9.17) is 4.74 Å². The zero-order chi connectivity index (χ0) is 20.1. The van der Waals surface area contributed by atoms with E-state index in [1.807, 2.05) is 18.2 Å². The molecule has 4 rings (SSSR count).